The van der Waals surface area contributed by atoms with E-state index in [-0.39, 0.29) is 11.5 Å². The van der Waals surface area contributed by atoms with E-state index in [9.17, 15) is 9.18 Å². The van der Waals surface area contributed by atoms with Crippen molar-refractivity contribution in [3.05, 3.63) is 65.0 Å². The van der Waals surface area contributed by atoms with Crippen molar-refractivity contribution in [1.29, 1.82) is 0 Å². The fraction of sp³-hybridized carbons (Fsp3) is 0.235. The first-order valence-corrected chi connectivity index (χ1v) is 6.66. The summed E-state index contributed by atoms with van der Waals surface area (Å²) in [6, 6.07) is 11.8. The lowest BCUT2D eigenvalue weighted by Gasteiger charge is -2.19. The summed E-state index contributed by atoms with van der Waals surface area (Å²) in [5.74, 6) is -0.143. The molecule has 0 saturated heterocycles. The highest BCUT2D eigenvalue weighted by Gasteiger charge is 2.17. The van der Waals surface area contributed by atoms with Gasteiger partial charge < -0.3 is 9.64 Å². The van der Waals surface area contributed by atoms with Gasteiger partial charge in [0.05, 0.1) is 12.7 Å². The Balaban J connectivity index is 2.22. The maximum absolute atomic E-state index is 13.7. The minimum atomic E-state index is -0.509. The van der Waals surface area contributed by atoms with Gasteiger partial charge in [0.1, 0.15) is 11.6 Å². The van der Waals surface area contributed by atoms with Crippen molar-refractivity contribution in [3.8, 4) is 5.75 Å². The van der Waals surface area contributed by atoms with E-state index < -0.39 is 5.82 Å². The van der Waals surface area contributed by atoms with Crippen LogP contribution in [0.5, 0.6) is 5.75 Å². The molecule has 0 radical (unpaired) electrons. The lowest BCUT2D eigenvalue weighted by atomic mass is 10.1. The third-order valence-electron chi connectivity index (χ3n) is 3.29. The van der Waals surface area contributed by atoms with Gasteiger partial charge in [0.15, 0.2) is 0 Å². The van der Waals surface area contributed by atoms with Crippen LogP contribution in [0.2, 0.25) is 0 Å². The molecule has 21 heavy (non-hydrogen) atoms. The molecular formula is C17H18FNO2. The molecule has 0 aromatic heterocycles. The zero-order valence-corrected chi connectivity index (χ0v) is 12.4. The Hall–Kier alpha value is -2.36. The second-order valence-corrected chi connectivity index (χ2v) is 4.96. The summed E-state index contributed by atoms with van der Waals surface area (Å²) in [7, 11) is 3.24. The van der Waals surface area contributed by atoms with Crippen LogP contribution in [0.4, 0.5) is 4.39 Å². The van der Waals surface area contributed by atoms with E-state index >= 15 is 0 Å². The second kappa shape index (κ2) is 6.39. The van der Waals surface area contributed by atoms with E-state index in [0.717, 1.165) is 11.1 Å². The second-order valence-electron chi connectivity index (χ2n) is 4.96. The number of carbonyl (C=O) groups is 1. The number of benzene rings is 2. The number of carbonyl (C=O) groups excluding carboxylic acids is 1. The third kappa shape index (κ3) is 3.40. The summed E-state index contributed by atoms with van der Waals surface area (Å²) in [6.07, 6.45) is 0. The summed E-state index contributed by atoms with van der Waals surface area (Å²) < 4.78 is 19.0. The Bertz CT molecular complexity index is 655. The molecule has 0 aliphatic heterocycles. The van der Waals surface area contributed by atoms with E-state index in [2.05, 4.69) is 0 Å². The summed E-state index contributed by atoms with van der Waals surface area (Å²) >= 11 is 0. The molecule has 0 heterocycles. The lowest BCUT2D eigenvalue weighted by Crippen LogP contribution is -2.27. The minimum absolute atomic E-state index is 0.0756. The topological polar surface area (TPSA) is 29.5 Å². The molecule has 2 aromatic rings. The predicted octanol–water partition coefficient (Wildman–Crippen LogP) is 3.41. The van der Waals surface area contributed by atoms with E-state index in [1.165, 1.54) is 17.0 Å². The number of aryl methyl sites for hydroxylation is 1. The van der Waals surface area contributed by atoms with Crippen LogP contribution in [0.3, 0.4) is 0 Å². The third-order valence-corrected chi connectivity index (χ3v) is 3.29. The first-order valence-electron chi connectivity index (χ1n) is 6.66. The molecule has 3 nitrogen and oxygen atoms in total. The van der Waals surface area contributed by atoms with E-state index in [1.54, 1.807) is 26.3 Å². The maximum Gasteiger partial charge on any atom is 0.256 e. The Morgan fingerprint density at radius 2 is 1.95 bits per heavy atom. The standard InChI is InChI=1S/C17H18FNO2/c1-12-8-9-16(21-3)13(10-12)11-19(2)17(20)14-6-4-5-7-15(14)18/h4-10H,11H2,1-3H3. The Kier molecular flexibility index (Phi) is 4.58. The van der Waals surface area contributed by atoms with Gasteiger partial charge in [0.25, 0.3) is 5.91 Å². The van der Waals surface area contributed by atoms with E-state index in [1.807, 2.05) is 25.1 Å². The van der Waals surface area contributed by atoms with Crippen LogP contribution >= 0.6 is 0 Å². The highest BCUT2D eigenvalue weighted by atomic mass is 19.1. The molecule has 0 bridgehead atoms. The molecule has 0 atom stereocenters. The van der Waals surface area contributed by atoms with Gasteiger partial charge in [0.2, 0.25) is 0 Å². The fourth-order valence-corrected chi connectivity index (χ4v) is 2.20. The van der Waals surface area contributed by atoms with E-state index in [4.69, 9.17) is 4.74 Å². The molecule has 4 heteroatoms. The van der Waals surface area contributed by atoms with Crippen LogP contribution in [0.25, 0.3) is 0 Å². The number of ether oxygens (including phenoxy) is 1. The van der Waals surface area contributed by atoms with Crippen LogP contribution in [-0.2, 0) is 6.54 Å². The van der Waals surface area contributed by atoms with Gasteiger partial charge >= 0.3 is 0 Å². The van der Waals surface area contributed by atoms with Crippen molar-refractivity contribution in [2.24, 2.45) is 0 Å². The molecule has 110 valence electrons. The quantitative estimate of drug-likeness (QED) is 0.862. The number of amides is 1. The van der Waals surface area contributed by atoms with Crippen LogP contribution in [0.15, 0.2) is 42.5 Å². The number of hydrogen-bond donors (Lipinski definition) is 0. The summed E-state index contributed by atoms with van der Waals surface area (Å²) in [4.78, 5) is 13.8. The van der Waals surface area contributed by atoms with Gasteiger partial charge in [-0.15, -0.1) is 0 Å². The molecule has 0 unspecified atom stereocenters. The van der Waals surface area contributed by atoms with Crippen molar-refractivity contribution in [2.45, 2.75) is 13.5 Å². The monoisotopic (exact) mass is 287 g/mol. The van der Waals surface area contributed by atoms with Crippen LogP contribution in [-0.4, -0.2) is 25.0 Å². The van der Waals surface area contributed by atoms with Crippen molar-refractivity contribution >= 4 is 5.91 Å². The van der Waals surface area contributed by atoms with Crippen LogP contribution < -0.4 is 4.74 Å². The number of halogens is 1. The minimum Gasteiger partial charge on any atom is -0.496 e. The molecule has 2 aromatic carbocycles. The molecule has 0 N–H and O–H groups in total. The van der Waals surface area contributed by atoms with E-state index in [0.29, 0.717) is 12.3 Å². The van der Waals surface area contributed by atoms with Crippen molar-refractivity contribution in [1.82, 2.24) is 4.90 Å². The predicted molar refractivity (Wildman–Crippen MR) is 79.9 cm³/mol. The summed E-state index contributed by atoms with van der Waals surface area (Å²) in [6.45, 7) is 2.33. The summed E-state index contributed by atoms with van der Waals surface area (Å²) in [5, 5.41) is 0. The zero-order valence-electron chi connectivity index (χ0n) is 12.4. The van der Waals surface area contributed by atoms with Gasteiger partial charge in [-0.1, -0.05) is 29.8 Å². The van der Waals surface area contributed by atoms with Gasteiger partial charge in [-0.25, -0.2) is 4.39 Å². The molecule has 0 saturated carbocycles. The molecule has 0 aliphatic carbocycles. The summed E-state index contributed by atoms with van der Waals surface area (Å²) in [5.41, 5.74) is 2.05. The normalized spacial score (nSPS) is 10.3. The number of nitrogens with zero attached hydrogens (tertiary/aromatic N) is 1. The molecule has 0 spiro atoms. The maximum atomic E-state index is 13.7. The molecule has 0 fully saturated rings. The van der Waals surface area contributed by atoms with Crippen LogP contribution in [0, 0.1) is 12.7 Å². The average molecular weight is 287 g/mol. The van der Waals surface area contributed by atoms with Gasteiger partial charge in [-0.3, -0.25) is 4.79 Å². The number of hydrogen-bond acceptors (Lipinski definition) is 2. The zero-order chi connectivity index (χ0) is 15.4. The number of rotatable bonds is 4. The Morgan fingerprint density at radius 3 is 2.62 bits per heavy atom. The Labute approximate surface area is 124 Å². The average Bonchev–Trinajstić information content (AvgIpc) is 2.47. The fourth-order valence-electron chi connectivity index (χ4n) is 2.20. The number of methoxy groups -OCH3 is 1. The highest BCUT2D eigenvalue weighted by molar-refractivity contribution is 5.94. The molecule has 0 aliphatic rings. The molecule has 2 rings (SSSR count). The van der Waals surface area contributed by atoms with Gasteiger partial charge in [-0.2, -0.15) is 0 Å². The van der Waals surface area contributed by atoms with Crippen molar-refractivity contribution in [2.75, 3.05) is 14.2 Å². The first kappa shape index (κ1) is 15.0. The van der Waals surface area contributed by atoms with Gasteiger partial charge in [-0.05, 0) is 25.1 Å². The molecule has 1 amide bonds. The highest BCUT2D eigenvalue weighted by Crippen LogP contribution is 2.22. The lowest BCUT2D eigenvalue weighted by molar-refractivity contribution is 0.0779. The largest absolute Gasteiger partial charge is 0.496 e. The smallest absolute Gasteiger partial charge is 0.256 e. The van der Waals surface area contributed by atoms with Crippen molar-refractivity contribution in [3.63, 3.8) is 0 Å². The Morgan fingerprint density at radius 1 is 1.24 bits per heavy atom. The van der Waals surface area contributed by atoms with Crippen LogP contribution in [0.1, 0.15) is 21.5 Å². The molecular weight excluding hydrogens is 269 g/mol. The first-order chi connectivity index (χ1) is 10.0. The van der Waals surface area contributed by atoms with Crippen molar-refractivity contribution < 1.29 is 13.9 Å². The SMILES string of the molecule is COc1ccc(C)cc1CN(C)C(=O)c1ccccc1F. The van der Waals surface area contributed by atoms with Gasteiger partial charge in [0, 0.05) is 19.2 Å².